The number of hydrogen-bond donors (Lipinski definition) is 0. The van der Waals surface area contributed by atoms with Gasteiger partial charge in [-0.1, -0.05) is 27.2 Å². The molecular weight excluding hydrogens is 302 g/mol. The lowest BCUT2D eigenvalue weighted by Crippen LogP contribution is -2.39. The van der Waals surface area contributed by atoms with Crippen LogP contribution in [0.2, 0.25) is 5.28 Å². The molecule has 3 rings (SSSR count). The van der Waals surface area contributed by atoms with Crippen molar-refractivity contribution in [3.8, 4) is 0 Å². The molecule has 2 aromatic heterocycles. The Bertz CT molecular complexity index is 644. The van der Waals surface area contributed by atoms with E-state index in [1.54, 1.807) is 11.3 Å². The van der Waals surface area contributed by atoms with Gasteiger partial charge in [-0.15, -0.1) is 11.3 Å². The van der Waals surface area contributed by atoms with Gasteiger partial charge in [-0.05, 0) is 42.3 Å². The summed E-state index contributed by atoms with van der Waals surface area (Å²) >= 11 is 7.87. The number of hydrogen-bond acceptors (Lipinski definition) is 4. The molecule has 0 saturated carbocycles. The van der Waals surface area contributed by atoms with Crippen LogP contribution < -0.4 is 4.90 Å². The van der Waals surface area contributed by atoms with E-state index in [0.717, 1.165) is 30.2 Å². The quantitative estimate of drug-likeness (QED) is 0.750. The Hall–Kier alpha value is -0.870. The third-order valence-electron chi connectivity index (χ3n) is 4.87. The van der Waals surface area contributed by atoms with Crippen LogP contribution >= 0.6 is 22.9 Å². The third kappa shape index (κ3) is 2.88. The van der Waals surface area contributed by atoms with Crippen LogP contribution in [0.5, 0.6) is 0 Å². The number of aryl methyl sites for hydroxylation is 1. The van der Waals surface area contributed by atoms with E-state index in [-0.39, 0.29) is 0 Å². The van der Waals surface area contributed by atoms with E-state index in [0.29, 0.717) is 10.7 Å². The fourth-order valence-corrected chi connectivity index (χ4v) is 4.13. The van der Waals surface area contributed by atoms with Gasteiger partial charge in [0.05, 0.1) is 5.39 Å². The molecule has 0 radical (unpaired) electrons. The Kier molecular flexibility index (Phi) is 4.10. The number of anilines is 1. The molecule has 3 heterocycles. The fourth-order valence-electron chi connectivity index (χ4n) is 2.96. The summed E-state index contributed by atoms with van der Waals surface area (Å²) in [6.07, 6.45) is 4.72. The summed E-state index contributed by atoms with van der Waals surface area (Å²) in [6.45, 7) is 8.98. The average molecular weight is 324 g/mol. The largest absolute Gasteiger partial charge is 0.356 e. The van der Waals surface area contributed by atoms with Crippen LogP contribution in [0, 0.1) is 5.41 Å². The SMILES string of the molecule is CCc1cc2c(N3CCC(C)(CC)CC3)nc(Cl)nc2s1. The summed E-state index contributed by atoms with van der Waals surface area (Å²) < 4.78 is 0. The number of piperidine rings is 1. The van der Waals surface area contributed by atoms with E-state index in [2.05, 4.69) is 41.7 Å². The highest BCUT2D eigenvalue weighted by Crippen LogP contribution is 2.38. The van der Waals surface area contributed by atoms with E-state index >= 15 is 0 Å². The van der Waals surface area contributed by atoms with Crippen molar-refractivity contribution in [3.05, 3.63) is 16.2 Å². The van der Waals surface area contributed by atoms with Gasteiger partial charge >= 0.3 is 0 Å². The van der Waals surface area contributed by atoms with Gasteiger partial charge < -0.3 is 4.90 Å². The molecule has 5 heteroatoms. The second-order valence-corrected chi connectivity index (χ2v) is 7.71. The van der Waals surface area contributed by atoms with Gasteiger partial charge in [0.1, 0.15) is 10.6 Å². The summed E-state index contributed by atoms with van der Waals surface area (Å²) in [5, 5.41) is 1.53. The number of aromatic nitrogens is 2. The van der Waals surface area contributed by atoms with E-state index < -0.39 is 0 Å². The molecule has 0 amide bonds. The molecule has 0 atom stereocenters. The lowest BCUT2D eigenvalue weighted by molar-refractivity contribution is 0.238. The lowest BCUT2D eigenvalue weighted by atomic mass is 9.78. The predicted molar refractivity (Wildman–Crippen MR) is 91.6 cm³/mol. The van der Waals surface area contributed by atoms with Crippen LogP contribution in [-0.2, 0) is 6.42 Å². The minimum atomic E-state index is 0.367. The molecule has 0 aliphatic carbocycles. The highest BCUT2D eigenvalue weighted by Gasteiger charge is 2.29. The smallest absolute Gasteiger partial charge is 0.225 e. The van der Waals surface area contributed by atoms with Gasteiger partial charge in [-0.25, -0.2) is 4.98 Å². The van der Waals surface area contributed by atoms with Crippen molar-refractivity contribution in [2.45, 2.75) is 46.5 Å². The van der Waals surface area contributed by atoms with E-state index in [1.807, 2.05) is 0 Å². The minimum Gasteiger partial charge on any atom is -0.356 e. The zero-order chi connectivity index (χ0) is 15.0. The summed E-state index contributed by atoms with van der Waals surface area (Å²) in [5.41, 5.74) is 0.482. The van der Waals surface area contributed by atoms with Crippen molar-refractivity contribution >= 4 is 39.0 Å². The molecule has 1 aliphatic heterocycles. The Morgan fingerprint density at radius 2 is 2.00 bits per heavy atom. The number of halogens is 1. The zero-order valence-corrected chi connectivity index (χ0v) is 14.5. The lowest BCUT2D eigenvalue weighted by Gasteiger charge is -2.39. The van der Waals surface area contributed by atoms with Crippen molar-refractivity contribution < 1.29 is 0 Å². The second-order valence-electron chi connectivity index (χ2n) is 6.25. The van der Waals surface area contributed by atoms with Crippen LogP contribution in [-0.4, -0.2) is 23.1 Å². The standard InChI is InChI=1S/C16H22ClN3S/c1-4-11-10-12-13(18-15(17)19-14(12)21-11)20-8-6-16(3,5-2)7-9-20/h10H,4-9H2,1-3H3. The first kappa shape index (κ1) is 15.0. The molecule has 1 saturated heterocycles. The zero-order valence-electron chi connectivity index (χ0n) is 12.9. The summed E-state index contributed by atoms with van der Waals surface area (Å²) in [5.74, 6) is 1.03. The van der Waals surface area contributed by atoms with Crippen LogP contribution in [0.15, 0.2) is 6.07 Å². The summed E-state index contributed by atoms with van der Waals surface area (Å²) in [6, 6.07) is 2.24. The van der Waals surface area contributed by atoms with Crippen molar-refractivity contribution in [2.75, 3.05) is 18.0 Å². The van der Waals surface area contributed by atoms with E-state index in [4.69, 9.17) is 11.6 Å². The van der Waals surface area contributed by atoms with Gasteiger partial charge in [0.15, 0.2) is 0 Å². The van der Waals surface area contributed by atoms with Gasteiger partial charge in [0, 0.05) is 18.0 Å². The van der Waals surface area contributed by atoms with Crippen molar-refractivity contribution in [3.63, 3.8) is 0 Å². The fraction of sp³-hybridized carbons (Fsp3) is 0.625. The van der Waals surface area contributed by atoms with Gasteiger partial charge in [0.25, 0.3) is 0 Å². The molecule has 21 heavy (non-hydrogen) atoms. The normalized spacial score (nSPS) is 18.4. The summed E-state index contributed by atoms with van der Waals surface area (Å²) in [7, 11) is 0. The number of nitrogens with zero attached hydrogens (tertiary/aromatic N) is 3. The number of fused-ring (bicyclic) bond motifs is 1. The van der Waals surface area contributed by atoms with Crippen LogP contribution in [0.4, 0.5) is 5.82 Å². The molecule has 1 aliphatic rings. The van der Waals surface area contributed by atoms with Crippen LogP contribution in [0.1, 0.15) is 44.9 Å². The monoisotopic (exact) mass is 323 g/mol. The predicted octanol–water partition coefficient (Wildman–Crippen LogP) is 4.92. The molecule has 0 bridgehead atoms. The van der Waals surface area contributed by atoms with Gasteiger partial charge in [-0.3, -0.25) is 0 Å². The molecule has 0 unspecified atom stereocenters. The second kappa shape index (κ2) is 5.73. The minimum absolute atomic E-state index is 0.367. The summed E-state index contributed by atoms with van der Waals surface area (Å²) in [4.78, 5) is 13.7. The number of thiophene rings is 1. The van der Waals surface area contributed by atoms with Gasteiger partial charge in [0.2, 0.25) is 5.28 Å². The first-order chi connectivity index (χ1) is 10.0. The Morgan fingerprint density at radius 1 is 1.29 bits per heavy atom. The van der Waals surface area contributed by atoms with Crippen LogP contribution in [0.25, 0.3) is 10.2 Å². The molecule has 0 aromatic carbocycles. The maximum atomic E-state index is 6.14. The maximum Gasteiger partial charge on any atom is 0.225 e. The Balaban J connectivity index is 1.95. The van der Waals surface area contributed by atoms with E-state index in [1.165, 1.54) is 29.5 Å². The van der Waals surface area contributed by atoms with Crippen molar-refractivity contribution in [2.24, 2.45) is 5.41 Å². The highest BCUT2D eigenvalue weighted by molar-refractivity contribution is 7.18. The maximum absolute atomic E-state index is 6.14. The molecule has 0 N–H and O–H groups in total. The molecule has 1 fully saturated rings. The Morgan fingerprint density at radius 3 is 2.62 bits per heavy atom. The molecule has 114 valence electrons. The topological polar surface area (TPSA) is 29.0 Å². The average Bonchev–Trinajstić information content (AvgIpc) is 2.90. The van der Waals surface area contributed by atoms with Crippen molar-refractivity contribution in [1.29, 1.82) is 0 Å². The molecule has 0 spiro atoms. The number of rotatable bonds is 3. The van der Waals surface area contributed by atoms with Gasteiger partial charge in [-0.2, -0.15) is 4.98 Å². The Labute approximate surface area is 135 Å². The third-order valence-corrected chi connectivity index (χ3v) is 6.21. The first-order valence-corrected chi connectivity index (χ1v) is 8.95. The van der Waals surface area contributed by atoms with E-state index in [9.17, 15) is 0 Å². The van der Waals surface area contributed by atoms with Crippen molar-refractivity contribution in [1.82, 2.24) is 9.97 Å². The first-order valence-electron chi connectivity index (χ1n) is 7.75. The molecule has 3 nitrogen and oxygen atoms in total. The molecule has 2 aromatic rings. The highest BCUT2D eigenvalue weighted by atomic mass is 35.5. The van der Waals surface area contributed by atoms with Crippen LogP contribution in [0.3, 0.4) is 0 Å². The molecular formula is C16H22ClN3S.